The van der Waals surface area contributed by atoms with Gasteiger partial charge in [0, 0.05) is 12.0 Å². The van der Waals surface area contributed by atoms with E-state index in [2.05, 4.69) is 10.3 Å². The van der Waals surface area contributed by atoms with Gasteiger partial charge in [0.05, 0.1) is 6.04 Å². The highest BCUT2D eigenvalue weighted by atomic mass is 32.1. The number of amides is 1. The number of ether oxygens (including phenoxy) is 1. The second-order valence-electron chi connectivity index (χ2n) is 4.66. The number of rotatable bonds is 4. The second kappa shape index (κ2) is 5.66. The fourth-order valence-electron chi connectivity index (χ4n) is 1.97. The molecule has 1 fully saturated rings. The molecule has 0 saturated carbocycles. The van der Waals surface area contributed by atoms with Crippen molar-refractivity contribution in [2.24, 2.45) is 5.92 Å². The third-order valence-corrected chi connectivity index (χ3v) is 4.14. The maximum absolute atomic E-state index is 12.0. The van der Waals surface area contributed by atoms with Gasteiger partial charge in [-0.15, -0.1) is 11.3 Å². The minimum atomic E-state index is -1.06. The summed E-state index contributed by atoms with van der Waals surface area (Å²) in [6.07, 6.45) is 0.466. The lowest BCUT2D eigenvalue weighted by Gasteiger charge is -2.17. The highest BCUT2D eigenvalue weighted by Crippen LogP contribution is 2.22. The van der Waals surface area contributed by atoms with Crippen LogP contribution in [0.4, 0.5) is 0 Å². The van der Waals surface area contributed by atoms with Gasteiger partial charge < -0.3 is 15.2 Å². The average molecular weight is 284 g/mol. The zero-order valence-electron chi connectivity index (χ0n) is 10.8. The lowest BCUT2D eigenvalue weighted by molar-refractivity contribution is -0.132. The molecule has 1 aliphatic rings. The Kier molecular flexibility index (Phi) is 4.16. The molecular weight excluding hydrogens is 268 g/mol. The second-order valence-corrected chi connectivity index (χ2v) is 5.55. The van der Waals surface area contributed by atoms with Crippen LogP contribution in [0.15, 0.2) is 5.38 Å². The Morgan fingerprint density at radius 2 is 2.37 bits per heavy atom. The number of hydrogen-bond acceptors (Lipinski definition) is 5. The van der Waals surface area contributed by atoms with Crippen molar-refractivity contribution in [1.82, 2.24) is 10.3 Å². The van der Waals surface area contributed by atoms with Crippen LogP contribution in [0, 0.1) is 5.92 Å². The molecule has 1 aliphatic heterocycles. The molecule has 0 aliphatic carbocycles. The van der Waals surface area contributed by atoms with Gasteiger partial charge in [-0.3, -0.25) is 4.79 Å². The van der Waals surface area contributed by atoms with Crippen LogP contribution in [-0.2, 0) is 9.53 Å². The van der Waals surface area contributed by atoms with Gasteiger partial charge in [-0.25, -0.2) is 9.78 Å². The van der Waals surface area contributed by atoms with Gasteiger partial charge in [-0.05, 0) is 19.3 Å². The van der Waals surface area contributed by atoms with Crippen molar-refractivity contribution in [3.05, 3.63) is 16.1 Å². The van der Waals surface area contributed by atoms with Gasteiger partial charge in [-0.1, -0.05) is 6.92 Å². The molecule has 0 aromatic carbocycles. The molecule has 2 heterocycles. The summed E-state index contributed by atoms with van der Waals surface area (Å²) in [5.74, 6) is -1.02. The lowest BCUT2D eigenvalue weighted by atomic mass is 10.0. The molecule has 0 spiro atoms. The van der Waals surface area contributed by atoms with Gasteiger partial charge in [0.2, 0.25) is 5.91 Å². The fraction of sp³-hybridized carbons (Fsp3) is 0.583. The number of nitrogens with zero attached hydrogens (tertiary/aromatic N) is 1. The number of nitrogens with one attached hydrogen (secondary N) is 1. The van der Waals surface area contributed by atoms with E-state index in [9.17, 15) is 9.59 Å². The van der Waals surface area contributed by atoms with E-state index in [4.69, 9.17) is 9.84 Å². The first-order valence-electron chi connectivity index (χ1n) is 6.09. The van der Waals surface area contributed by atoms with Crippen LogP contribution >= 0.6 is 11.3 Å². The lowest BCUT2D eigenvalue weighted by Crippen LogP contribution is -2.38. The van der Waals surface area contributed by atoms with Crippen molar-refractivity contribution in [3.63, 3.8) is 0 Å². The Labute approximate surface area is 114 Å². The van der Waals surface area contributed by atoms with Gasteiger partial charge in [0.15, 0.2) is 5.69 Å². The smallest absolute Gasteiger partial charge is 0.355 e. The van der Waals surface area contributed by atoms with Crippen molar-refractivity contribution < 1.29 is 19.4 Å². The molecule has 1 aromatic heterocycles. The number of carbonyl (C=O) groups is 2. The van der Waals surface area contributed by atoms with Crippen LogP contribution < -0.4 is 5.32 Å². The standard InChI is InChI=1S/C12H16N2O4S/c1-6-3-4-18-9(6)10(15)13-7(2)11-14-8(5-19-11)12(16)17/h5-7,9H,3-4H2,1-2H3,(H,13,15)(H,16,17). The zero-order chi connectivity index (χ0) is 14.0. The number of aromatic nitrogens is 1. The van der Waals surface area contributed by atoms with Gasteiger partial charge >= 0.3 is 5.97 Å². The minimum Gasteiger partial charge on any atom is -0.476 e. The van der Waals surface area contributed by atoms with Gasteiger partial charge in [-0.2, -0.15) is 0 Å². The van der Waals surface area contributed by atoms with Crippen LogP contribution in [0.2, 0.25) is 0 Å². The molecule has 0 bridgehead atoms. The number of thiazole rings is 1. The molecule has 1 saturated heterocycles. The molecule has 0 radical (unpaired) electrons. The number of carboxylic acid groups (broad SMARTS) is 1. The van der Waals surface area contributed by atoms with E-state index in [0.29, 0.717) is 11.6 Å². The van der Waals surface area contributed by atoms with Crippen molar-refractivity contribution in [2.45, 2.75) is 32.4 Å². The summed E-state index contributed by atoms with van der Waals surface area (Å²) < 4.78 is 5.38. The zero-order valence-corrected chi connectivity index (χ0v) is 11.6. The molecule has 2 N–H and O–H groups in total. The van der Waals surface area contributed by atoms with Crippen LogP contribution in [-0.4, -0.2) is 34.7 Å². The normalized spacial score (nSPS) is 24.1. The molecule has 19 heavy (non-hydrogen) atoms. The third-order valence-electron chi connectivity index (χ3n) is 3.12. The van der Waals surface area contributed by atoms with Crippen LogP contribution in [0.25, 0.3) is 0 Å². The summed E-state index contributed by atoms with van der Waals surface area (Å²) in [7, 11) is 0. The quantitative estimate of drug-likeness (QED) is 0.873. The third kappa shape index (κ3) is 3.10. The molecule has 7 heteroatoms. The first-order valence-corrected chi connectivity index (χ1v) is 6.97. The Morgan fingerprint density at radius 3 is 2.89 bits per heavy atom. The Balaban J connectivity index is 1.98. The minimum absolute atomic E-state index is 0.00610. The van der Waals surface area contributed by atoms with Crippen molar-refractivity contribution in [3.8, 4) is 0 Å². The highest BCUT2D eigenvalue weighted by Gasteiger charge is 2.31. The first kappa shape index (κ1) is 14.0. The summed E-state index contributed by atoms with van der Waals surface area (Å²) >= 11 is 1.22. The fourth-order valence-corrected chi connectivity index (χ4v) is 2.77. The van der Waals surface area contributed by atoms with E-state index in [1.807, 2.05) is 6.92 Å². The van der Waals surface area contributed by atoms with Crippen molar-refractivity contribution in [1.29, 1.82) is 0 Å². The Bertz CT molecular complexity index is 488. The molecule has 1 amide bonds. The van der Waals surface area contributed by atoms with Crippen LogP contribution in [0.5, 0.6) is 0 Å². The van der Waals surface area contributed by atoms with E-state index >= 15 is 0 Å². The Hall–Kier alpha value is -1.47. The predicted molar refractivity (Wildman–Crippen MR) is 69.2 cm³/mol. The van der Waals surface area contributed by atoms with Crippen LogP contribution in [0.1, 0.15) is 41.8 Å². The van der Waals surface area contributed by atoms with E-state index < -0.39 is 12.1 Å². The summed E-state index contributed by atoms with van der Waals surface area (Å²) in [5.41, 5.74) is 0.00610. The van der Waals surface area contributed by atoms with Crippen LogP contribution in [0.3, 0.4) is 0 Å². The molecule has 104 valence electrons. The number of aromatic carboxylic acids is 1. The molecule has 3 unspecified atom stereocenters. The van der Waals surface area contributed by atoms with E-state index in [0.717, 1.165) is 6.42 Å². The highest BCUT2D eigenvalue weighted by molar-refractivity contribution is 7.09. The Morgan fingerprint density at radius 1 is 1.63 bits per heavy atom. The van der Waals surface area contributed by atoms with Crippen molar-refractivity contribution >= 4 is 23.2 Å². The summed E-state index contributed by atoms with van der Waals surface area (Å²) in [5, 5.41) is 13.7. The molecule has 2 rings (SSSR count). The largest absolute Gasteiger partial charge is 0.476 e. The number of carbonyl (C=O) groups excluding carboxylic acids is 1. The van der Waals surface area contributed by atoms with Crippen molar-refractivity contribution in [2.75, 3.05) is 6.61 Å². The van der Waals surface area contributed by atoms with E-state index in [1.54, 1.807) is 6.92 Å². The summed E-state index contributed by atoms with van der Waals surface area (Å²) in [4.78, 5) is 26.7. The monoisotopic (exact) mass is 284 g/mol. The topological polar surface area (TPSA) is 88.5 Å². The molecule has 1 aromatic rings. The number of hydrogen-bond donors (Lipinski definition) is 2. The molecule has 6 nitrogen and oxygen atoms in total. The summed E-state index contributed by atoms with van der Waals surface area (Å²) in [6, 6.07) is -0.318. The maximum Gasteiger partial charge on any atom is 0.355 e. The SMILES string of the molecule is CC(NC(=O)C1OCCC1C)c1nc(C(=O)O)cs1. The maximum atomic E-state index is 12.0. The number of carboxylic acids is 1. The average Bonchev–Trinajstić information content (AvgIpc) is 2.96. The first-order chi connectivity index (χ1) is 8.99. The van der Waals surface area contributed by atoms with E-state index in [1.165, 1.54) is 16.7 Å². The molecular formula is C12H16N2O4S. The van der Waals surface area contributed by atoms with Gasteiger partial charge in [0.1, 0.15) is 11.1 Å². The van der Waals surface area contributed by atoms with E-state index in [-0.39, 0.29) is 23.6 Å². The summed E-state index contributed by atoms with van der Waals surface area (Å²) in [6.45, 7) is 4.36. The van der Waals surface area contributed by atoms with Gasteiger partial charge in [0.25, 0.3) is 0 Å². The molecule has 3 atom stereocenters. The predicted octanol–water partition coefficient (Wildman–Crippen LogP) is 1.44.